The number of hydrogen-bond acceptors (Lipinski definition) is 5. The molecule has 0 aliphatic carbocycles. The van der Waals surface area contributed by atoms with Crippen LogP contribution in [0.15, 0.2) is 36.4 Å². The summed E-state index contributed by atoms with van der Waals surface area (Å²) in [5, 5.41) is 2.95. The molecule has 1 heterocycles. The molecule has 0 bridgehead atoms. The van der Waals surface area contributed by atoms with Gasteiger partial charge in [-0.1, -0.05) is 18.2 Å². The van der Waals surface area contributed by atoms with Gasteiger partial charge in [-0.05, 0) is 87.4 Å². The molecule has 7 nitrogen and oxygen atoms in total. The minimum Gasteiger partial charge on any atom is -0.497 e. The number of carbonyl (C=O) groups excluding carboxylic acids is 2. The Hall–Kier alpha value is -3.06. The molecule has 3 rings (SSSR count). The monoisotopic (exact) mass is 481 g/mol. The van der Waals surface area contributed by atoms with Crippen LogP contribution in [0.25, 0.3) is 0 Å². The van der Waals surface area contributed by atoms with Crippen LogP contribution in [0.2, 0.25) is 0 Å². The zero-order chi connectivity index (χ0) is 25.4. The highest BCUT2D eigenvalue weighted by Crippen LogP contribution is 2.27. The van der Waals surface area contributed by atoms with Gasteiger partial charge in [0.05, 0.1) is 27.3 Å². The number of nitrogens with zero attached hydrogens (tertiary/aromatic N) is 2. The van der Waals surface area contributed by atoms with Crippen molar-refractivity contribution in [2.24, 2.45) is 5.92 Å². The van der Waals surface area contributed by atoms with E-state index in [2.05, 4.69) is 22.3 Å². The van der Waals surface area contributed by atoms with Crippen molar-refractivity contribution in [1.82, 2.24) is 9.80 Å². The number of amides is 2. The van der Waals surface area contributed by atoms with Crippen molar-refractivity contribution >= 4 is 17.5 Å². The van der Waals surface area contributed by atoms with Crippen LogP contribution < -0.4 is 14.8 Å². The number of aryl methyl sites for hydroxylation is 3. The van der Waals surface area contributed by atoms with E-state index in [1.54, 1.807) is 21.3 Å². The number of carbonyl (C=O) groups is 2. The van der Waals surface area contributed by atoms with Crippen LogP contribution in [0.4, 0.5) is 5.69 Å². The van der Waals surface area contributed by atoms with Crippen LogP contribution in [-0.4, -0.2) is 69.1 Å². The average Bonchev–Trinajstić information content (AvgIpc) is 2.85. The number of rotatable bonds is 10. The van der Waals surface area contributed by atoms with Gasteiger partial charge >= 0.3 is 0 Å². The number of anilines is 1. The van der Waals surface area contributed by atoms with Crippen LogP contribution in [0.3, 0.4) is 0 Å². The van der Waals surface area contributed by atoms with E-state index < -0.39 is 0 Å². The topological polar surface area (TPSA) is 71.1 Å². The number of piperidine rings is 1. The Bertz CT molecular complexity index is 973. The first kappa shape index (κ1) is 26.5. The van der Waals surface area contributed by atoms with E-state index in [9.17, 15) is 9.59 Å². The van der Waals surface area contributed by atoms with E-state index in [1.807, 2.05) is 38.1 Å². The highest BCUT2D eigenvalue weighted by molar-refractivity contribution is 5.95. The van der Waals surface area contributed by atoms with Crippen molar-refractivity contribution in [2.75, 3.05) is 52.8 Å². The smallest absolute Gasteiger partial charge is 0.243 e. The lowest BCUT2D eigenvalue weighted by Crippen LogP contribution is -2.44. The summed E-state index contributed by atoms with van der Waals surface area (Å²) in [5.74, 6) is 2.08. The van der Waals surface area contributed by atoms with Crippen LogP contribution in [0.5, 0.6) is 11.5 Å². The van der Waals surface area contributed by atoms with Crippen LogP contribution in [0, 0.1) is 19.8 Å². The Kier molecular flexibility index (Phi) is 9.55. The molecule has 2 aromatic carbocycles. The maximum Gasteiger partial charge on any atom is 0.243 e. The van der Waals surface area contributed by atoms with Gasteiger partial charge < -0.3 is 19.7 Å². The number of likely N-dealkylation sites (N-methyl/N-ethyl adjacent to an activating group) is 1. The van der Waals surface area contributed by atoms with E-state index in [1.165, 1.54) is 10.5 Å². The van der Waals surface area contributed by atoms with Crippen molar-refractivity contribution in [3.63, 3.8) is 0 Å². The summed E-state index contributed by atoms with van der Waals surface area (Å²) in [6, 6.07) is 11.9. The highest BCUT2D eigenvalue weighted by atomic mass is 16.5. The Morgan fingerprint density at radius 2 is 1.63 bits per heavy atom. The summed E-state index contributed by atoms with van der Waals surface area (Å²) in [6.07, 6.45) is 4.24. The maximum absolute atomic E-state index is 12.7. The Morgan fingerprint density at radius 3 is 2.20 bits per heavy atom. The molecule has 2 amide bonds. The molecule has 1 aliphatic rings. The van der Waals surface area contributed by atoms with E-state index in [0.29, 0.717) is 12.5 Å². The van der Waals surface area contributed by atoms with Crippen LogP contribution >= 0.6 is 0 Å². The Morgan fingerprint density at radius 1 is 1.03 bits per heavy atom. The fraction of sp³-hybridized carbons (Fsp3) is 0.500. The first-order valence-electron chi connectivity index (χ1n) is 12.3. The van der Waals surface area contributed by atoms with Crippen LogP contribution in [0.1, 0.15) is 36.0 Å². The maximum atomic E-state index is 12.7. The van der Waals surface area contributed by atoms with Gasteiger partial charge in [0.25, 0.3) is 0 Å². The second-order valence-corrected chi connectivity index (χ2v) is 9.54. The van der Waals surface area contributed by atoms with Gasteiger partial charge in [-0.25, -0.2) is 0 Å². The number of hydrogen-bond donors (Lipinski definition) is 1. The van der Waals surface area contributed by atoms with Gasteiger partial charge in [0, 0.05) is 18.8 Å². The van der Waals surface area contributed by atoms with Crippen molar-refractivity contribution in [3.8, 4) is 11.5 Å². The fourth-order valence-corrected chi connectivity index (χ4v) is 4.62. The third kappa shape index (κ3) is 7.72. The average molecular weight is 482 g/mol. The van der Waals surface area contributed by atoms with Gasteiger partial charge in [0.2, 0.25) is 11.8 Å². The molecule has 35 heavy (non-hydrogen) atoms. The molecule has 1 aliphatic heterocycles. The molecule has 7 heteroatoms. The summed E-state index contributed by atoms with van der Waals surface area (Å²) in [4.78, 5) is 28.9. The number of methoxy groups -OCH3 is 2. The second-order valence-electron chi connectivity index (χ2n) is 9.54. The molecule has 2 aromatic rings. The van der Waals surface area contributed by atoms with Crippen molar-refractivity contribution < 1.29 is 19.1 Å². The quantitative estimate of drug-likeness (QED) is 0.554. The number of nitrogens with one attached hydrogen (secondary N) is 1. The number of likely N-dealkylation sites (tertiary alicyclic amines) is 1. The minimum atomic E-state index is -0.175. The van der Waals surface area contributed by atoms with Gasteiger partial charge in [-0.2, -0.15) is 0 Å². The molecular weight excluding hydrogens is 442 g/mol. The predicted molar refractivity (Wildman–Crippen MR) is 139 cm³/mol. The largest absolute Gasteiger partial charge is 0.497 e. The molecule has 1 fully saturated rings. The molecule has 0 spiro atoms. The molecule has 190 valence electrons. The Labute approximate surface area is 209 Å². The SMILES string of the molecule is COc1cc(CCC2CCN(CC(=O)N(C)CC(=O)Nc3c(C)cccc3C)CC2)cc(OC)c1. The Balaban J connectivity index is 1.40. The minimum absolute atomic E-state index is 0.0245. The third-order valence-corrected chi connectivity index (χ3v) is 6.87. The van der Waals surface area contributed by atoms with Gasteiger partial charge in [0.1, 0.15) is 11.5 Å². The molecular formula is C28H39N3O4. The normalized spacial score (nSPS) is 14.4. The van der Waals surface area contributed by atoms with Gasteiger partial charge in [-0.3, -0.25) is 14.5 Å². The zero-order valence-electron chi connectivity index (χ0n) is 21.7. The summed E-state index contributed by atoms with van der Waals surface area (Å²) < 4.78 is 10.8. The van der Waals surface area contributed by atoms with Crippen molar-refractivity contribution in [2.45, 2.75) is 39.5 Å². The van der Waals surface area contributed by atoms with Crippen molar-refractivity contribution in [3.05, 3.63) is 53.1 Å². The van der Waals surface area contributed by atoms with E-state index >= 15 is 0 Å². The zero-order valence-corrected chi connectivity index (χ0v) is 21.7. The fourth-order valence-electron chi connectivity index (χ4n) is 4.62. The van der Waals surface area contributed by atoms with E-state index in [-0.39, 0.29) is 18.4 Å². The molecule has 0 saturated carbocycles. The van der Waals surface area contributed by atoms with E-state index in [4.69, 9.17) is 9.47 Å². The standard InChI is InChI=1S/C28H39N3O4/c1-20-7-6-8-21(2)28(20)29-26(32)18-30(3)27(33)19-31-13-11-22(12-14-31)9-10-23-15-24(34-4)17-25(16-23)35-5/h6-8,15-17,22H,9-14,18-19H2,1-5H3,(H,29,32). The van der Waals surface area contributed by atoms with Gasteiger partial charge in [0.15, 0.2) is 0 Å². The lowest BCUT2D eigenvalue weighted by molar-refractivity contribution is -0.134. The number of ether oxygens (including phenoxy) is 2. The summed E-state index contributed by atoms with van der Waals surface area (Å²) in [5.41, 5.74) is 4.08. The number of para-hydroxylation sites is 1. The first-order valence-corrected chi connectivity index (χ1v) is 12.3. The van der Waals surface area contributed by atoms with Gasteiger partial charge in [-0.15, -0.1) is 0 Å². The molecule has 0 radical (unpaired) electrons. The summed E-state index contributed by atoms with van der Waals surface area (Å²) in [7, 11) is 5.04. The highest BCUT2D eigenvalue weighted by Gasteiger charge is 2.23. The molecule has 0 aromatic heterocycles. The van der Waals surface area contributed by atoms with E-state index in [0.717, 1.165) is 67.1 Å². The predicted octanol–water partition coefficient (Wildman–Crippen LogP) is 4.06. The molecule has 0 unspecified atom stereocenters. The summed E-state index contributed by atoms with van der Waals surface area (Å²) >= 11 is 0. The summed E-state index contributed by atoms with van der Waals surface area (Å²) in [6.45, 7) is 6.14. The molecule has 0 atom stereocenters. The molecule has 1 saturated heterocycles. The van der Waals surface area contributed by atoms with Crippen LogP contribution in [-0.2, 0) is 16.0 Å². The lowest BCUT2D eigenvalue weighted by Gasteiger charge is -2.32. The molecule has 1 N–H and O–H groups in total. The third-order valence-electron chi connectivity index (χ3n) is 6.87. The van der Waals surface area contributed by atoms with Crippen molar-refractivity contribution in [1.29, 1.82) is 0 Å². The first-order chi connectivity index (χ1) is 16.8. The lowest BCUT2D eigenvalue weighted by atomic mass is 9.90. The second kappa shape index (κ2) is 12.6. The number of benzene rings is 2.